The zero-order chi connectivity index (χ0) is 11.8. The molecule has 3 rings (SSSR count). The van der Waals surface area contributed by atoms with Gasteiger partial charge in [-0.25, -0.2) is 0 Å². The van der Waals surface area contributed by atoms with Gasteiger partial charge in [0.15, 0.2) is 5.43 Å². The molecule has 0 atom stereocenters. The molecule has 0 saturated heterocycles. The molecule has 3 nitrogen and oxygen atoms in total. The highest BCUT2D eigenvalue weighted by Gasteiger charge is 2.05. The fourth-order valence-electron chi connectivity index (χ4n) is 1.83. The highest BCUT2D eigenvalue weighted by atomic mass is 79.9. The van der Waals surface area contributed by atoms with Crippen molar-refractivity contribution in [3.8, 4) is 11.3 Å². The number of pyridine rings is 1. The summed E-state index contributed by atoms with van der Waals surface area (Å²) >= 11 is 3.51. The van der Waals surface area contributed by atoms with E-state index in [0.29, 0.717) is 0 Å². The number of benzene rings is 1. The Morgan fingerprint density at radius 3 is 2.82 bits per heavy atom. The predicted octanol–water partition coefficient (Wildman–Crippen LogP) is 3.06. The molecule has 2 heterocycles. The fourth-order valence-corrected chi connectivity index (χ4v) is 2.33. The third-order valence-electron chi connectivity index (χ3n) is 2.65. The van der Waals surface area contributed by atoms with Crippen LogP contribution in [0, 0.1) is 0 Å². The number of hydrogen-bond donors (Lipinski definition) is 1. The van der Waals surface area contributed by atoms with E-state index in [-0.39, 0.29) is 5.43 Å². The molecule has 0 aliphatic carbocycles. The van der Waals surface area contributed by atoms with Gasteiger partial charge in [-0.3, -0.25) is 4.79 Å². The zero-order valence-corrected chi connectivity index (χ0v) is 10.4. The van der Waals surface area contributed by atoms with E-state index in [1.165, 1.54) is 0 Å². The van der Waals surface area contributed by atoms with Crippen molar-refractivity contribution in [2.45, 2.75) is 0 Å². The van der Waals surface area contributed by atoms with Gasteiger partial charge in [0.2, 0.25) is 0 Å². The molecule has 84 valence electrons. The van der Waals surface area contributed by atoms with E-state index in [1.807, 2.05) is 34.9 Å². The number of hydrogen-bond acceptors (Lipinski definition) is 1. The lowest BCUT2D eigenvalue weighted by Crippen LogP contribution is -1.97. The lowest BCUT2D eigenvalue weighted by atomic mass is 10.2. The molecule has 0 aliphatic rings. The molecule has 0 saturated carbocycles. The van der Waals surface area contributed by atoms with Crippen LogP contribution in [0.4, 0.5) is 0 Å². The number of halogens is 1. The molecule has 0 fully saturated rings. The van der Waals surface area contributed by atoms with Crippen molar-refractivity contribution in [3.05, 3.63) is 63.5 Å². The second-order valence-corrected chi connectivity index (χ2v) is 4.66. The van der Waals surface area contributed by atoms with Gasteiger partial charge in [-0.1, -0.05) is 34.1 Å². The minimum Gasteiger partial charge on any atom is -0.340 e. The quantitative estimate of drug-likeness (QED) is 0.734. The van der Waals surface area contributed by atoms with Gasteiger partial charge >= 0.3 is 0 Å². The van der Waals surface area contributed by atoms with Crippen molar-refractivity contribution in [3.63, 3.8) is 0 Å². The van der Waals surface area contributed by atoms with E-state index in [9.17, 15) is 4.79 Å². The first-order valence-corrected chi connectivity index (χ1v) is 5.99. The van der Waals surface area contributed by atoms with Crippen molar-refractivity contribution in [2.24, 2.45) is 0 Å². The molecule has 1 N–H and O–H groups in total. The Bertz CT molecular complexity index is 742. The van der Waals surface area contributed by atoms with Gasteiger partial charge in [-0.15, -0.1) is 0 Å². The molecule has 0 amide bonds. The summed E-state index contributed by atoms with van der Waals surface area (Å²) in [5.74, 6) is 0. The van der Waals surface area contributed by atoms with Crippen LogP contribution >= 0.6 is 15.9 Å². The van der Waals surface area contributed by atoms with Gasteiger partial charge in [0.25, 0.3) is 0 Å². The van der Waals surface area contributed by atoms with Gasteiger partial charge in [0, 0.05) is 34.6 Å². The number of rotatable bonds is 1. The summed E-state index contributed by atoms with van der Waals surface area (Å²) in [6.45, 7) is 0. The third-order valence-corrected chi connectivity index (χ3v) is 3.34. The largest absolute Gasteiger partial charge is 0.340 e. The second kappa shape index (κ2) is 3.89. The molecule has 0 unspecified atom stereocenters. The number of imidazole rings is 1. The van der Waals surface area contributed by atoms with Crippen LogP contribution in [0.2, 0.25) is 0 Å². The monoisotopic (exact) mass is 288 g/mol. The van der Waals surface area contributed by atoms with E-state index >= 15 is 0 Å². The first-order valence-electron chi connectivity index (χ1n) is 5.20. The molecular weight excluding hydrogens is 280 g/mol. The summed E-state index contributed by atoms with van der Waals surface area (Å²) in [6, 6.07) is 11.1. The Kier molecular flexibility index (Phi) is 2.37. The standard InChI is InChI=1S/C13H9BrN2O/c14-11-4-2-1-3-10(11)12-8-16-6-5-9(17)7-13(16)15-12/h1-8,15H. The van der Waals surface area contributed by atoms with Crippen LogP contribution in [0.25, 0.3) is 16.9 Å². The summed E-state index contributed by atoms with van der Waals surface area (Å²) < 4.78 is 2.92. The summed E-state index contributed by atoms with van der Waals surface area (Å²) in [6.07, 6.45) is 3.73. The van der Waals surface area contributed by atoms with Crippen LogP contribution < -0.4 is 5.43 Å². The van der Waals surface area contributed by atoms with E-state index in [4.69, 9.17) is 0 Å². The lowest BCUT2D eigenvalue weighted by molar-refractivity contribution is 1.18. The molecule has 0 bridgehead atoms. The van der Waals surface area contributed by atoms with Crippen molar-refractivity contribution >= 4 is 21.6 Å². The Morgan fingerprint density at radius 2 is 2.00 bits per heavy atom. The smallest absolute Gasteiger partial charge is 0.183 e. The number of aromatic nitrogens is 2. The fraction of sp³-hybridized carbons (Fsp3) is 0. The summed E-state index contributed by atoms with van der Waals surface area (Å²) in [5, 5.41) is 0. The van der Waals surface area contributed by atoms with Gasteiger partial charge in [0.1, 0.15) is 5.65 Å². The van der Waals surface area contributed by atoms with E-state index in [2.05, 4.69) is 20.9 Å². The Hall–Kier alpha value is -1.81. The van der Waals surface area contributed by atoms with E-state index in [0.717, 1.165) is 21.4 Å². The number of nitrogens with zero attached hydrogens (tertiary/aromatic N) is 1. The topological polar surface area (TPSA) is 37.3 Å². The van der Waals surface area contributed by atoms with Crippen molar-refractivity contribution in [1.82, 2.24) is 9.38 Å². The van der Waals surface area contributed by atoms with Gasteiger partial charge in [-0.2, -0.15) is 0 Å². The average Bonchev–Trinajstić information content (AvgIpc) is 2.72. The zero-order valence-electron chi connectivity index (χ0n) is 8.85. The van der Waals surface area contributed by atoms with E-state index < -0.39 is 0 Å². The molecule has 0 aliphatic heterocycles. The Balaban J connectivity index is 2.25. The van der Waals surface area contributed by atoms with Gasteiger partial charge < -0.3 is 9.38 Å². The van der Waals surface area contributed by atoms with Crippen molar-refractivity contribution < 1.29 is 0 Å². The summed E-state index contributed by atoms with van der Waals surface area (Å²) in [5.41, 5.74) is 2.85. The molecule has 1 aromatic carbocycles. The molecule has 17 heavy (non-hydrogen) atoms. The Morgan fingerprint density at radius 1 is 1.18 bits per heavy atom. The van der Waals surface area contributed by atoms with Crippen molar-refractivity contribution in [1.29, 1.82) is 0 Å². The number of H-pyrrole nitrogens is 1. The normalized spacial score (nSPS) is 10.9. The summed E-state index contributed by atoms with van der Waals surface area (Å²) in [4.78, 5) is 14.5. The SMILES string of the molecule is O=c1ccn2cc(-c3ccccc3Br)[nH]c2c1. The Labute approximate surface area is 106 Å². The maximum atomic E-state index is 11.3. The maximum absolute atomic E-state index is 11.3. The van der Waals surface area contributed by atoms with Gasteiger partial charge in [-0.05, 0) is 6.07 Å². The predicted molar refractivity (Wildman–Crippen MR) is 71.2 cm³/mol. The van der Waals surface area contributed by atoms with Gasteiger partial charge in [0.05, 0.1) is 5.69 Å². The molecule has 4 heteroatoms. The lowest BCUT2D eigenvalue weighted by Gasteiger charge is -1.99. The maximum Gasteiger partial charge on any atom is 0.183 e. The minimum atomic E-state index is 0.00512. The number of nitrogens with one attached hydrogen (secondary N) is 1. The molecule has 3 aromatic rings. The summed E-state index contributed by atoms with van der Waals surface area (Å²) in [7, 11) is 0. The van der Waals surface area contributed by atoms with E-state index in [1.54, 1.807) is 18.3 Å². The van der Waals surface area contributed by atoms with Crippen LogP contribution in [-0.4, -0.2) is 9.38 Å². The first kappa shape index (κ1) is 10.4. The molecular formula is C13H9BrN2O. The molecule has 0 spiro atoms. The number of fused-ring (bicyclic) bond motifs is 1. The second-order valence-electron chi connectivity index (χ2n) is 3.80. The van der Waals surface area contributed by atoms with Crippen LogP contribution in [-0.2, 0) is 0 Å². The van der Waals surface area contributed by atoms with Crippen molar-refractivity contribution in [2.75, 3.05) is 0 Å². The number of aromatic amines is 1. The third kappa shape index (κ3) is 1.80. The molecule has 2 aromatic heterocycles. The molecule has 0 radical (unpaired) electrons. The van der Waals surface area contributed by atoms with Crippen LogP contribution in [0.1, 0.15) is 0 Å². The van der Waals surface area contributed by atoms with Crippen LogP contribution in [0.15, 0.2) is 58.1 Å². The first-order chi connectivity index (χ1) is 8.24. The highest BCUT2D eigenvalue weighted by Crippen LogP contribution is 2.26. The minimum absolute atomic E-state index is 0.00512. The average molecular weight is 289 g/mol. The van der Waals surface area contributed by atoms with Crippen LogP contribution in [0.3, 0.4) is 0 Å². The van der Waals surface area contributed by atoms with Crippen LogP contribution in [0.5, 0.6) is 0 Å². The highest BCUT2D eigenvalue weighted by molar-refractivity contribution is 9.10.